The van der Waals surface area contributed by atoms with Crippen LogP contribution in [-0.2, 0) is 0 Å². The number of alkyl halides is 18. The zero-order chi connectivity index (χ0) is 23.6. The maximum atomic E-state index is 13.1. The van der Waals surface area contributed by atoms with E-state index in [1.807, 2.05) is 0 Å². The first kappa shape index (κ1) is 26.7. The van der Waals surface area contributed by atoms with Crippen molar-refractivity contribution >= 4 is 0 Å². The molecule has 0 atom stereocenters. The maximum Gasteiger partial charge on any atom is 0.385 e. The highest BCUT2D eigenvalue weighted by Crippen LogP contribution is 2.64. The van der Waals surface area contributed by atoms with E-state index in [0.29, 0.717) is 0 Å². The van der Waals surface area contributed by atoms with Crippen LogP contribution in [0.25, 0.3) is 0 Å². The fourth-order valence-electron chi connectivity index (χ4n) is 1.41. The normalized spacial score (nSPS) is 16.7. The minimum Gasteiger partial charge on any atom is -0.203 e. The zero-order valence-electron chi connectivity index (χ0n) is 12.4. The number of halogens is 18. The molecule has 18 heteroatoms. The van der Waals surface area contributed by atoms with E-state index in [1.165, 1.54) is 0 Å². The van der Waals surface area contributed by atoms with Crippen LogP contribution in [0.4, 0.5) is 79.0 Å². The molecule has 0 unspecified atom stereocenters. The summed E-state index contributed by atoms with van der Waals surface area (Å²) < 4.78 is 228. The first-order chi connectivity index (χ1) is 11.7. The fourth-order valence-corrected chi connectivity index (χ4v) is 1.41. The van der Waals surface area contributed by atoms with E-state index >= 15 is 0 Å². The number of hydrogen-bond donors (Lipinski definition) is 0. The molecular formula is C10H4F18. The highest BCUT2D eigenvalue weighted by molar-refractivity contribution is 5.15. The van der Waals surface area contributed by atoms with E-state index in [9.17, 15) is 79.0 Å². The van der Waals surface area contributed by atoms with E-state index in [2.05, 4.69) is 0 Å². The molecule has 0 N–H and O–H groups in total. The van der Waals surface area contributed by atoms with Gasteiger partial charge in [-0.2, -0.15) is 70.2 Å². The third kappa shape index (κ3) is 3.04. The molecule has 0 aliphatic rings. The Bertz CT molecular complexity index is 565. The monoisotopic (exact) mass is 466 g/mol. The lowest BCUT2D eigenvalue weighted by atomic mass is 9.88. The van der Waals surface area contributed by atoms with Crippen LogP contribution in [0.15, 0.2) is 0 Å². The quantitative estimate of drug-likeness (QED) is 0.366. The van der Waals surface area contributed by atoms with Crippen molar-refractivity contribution in [2.75, 3.05) is 0 Å². The van der Waals surface area contributed by atoms with Crippen molar-refractivity contribution in [2.45, 2.75) is 60.7 Å². The van der Waals surface area contributed by atoms with Crippen molar-refractivity contribution in [2.24, 2.45) is 0 Å². The fraction of sp³-hybridized carbons (Fsp3) is 1.00. The summed E-state index contributed by atoms with van der Waals surface area (Å²) in [4.78, 5) is 0. The summed E-state index contributed by atoms with van der Waals surface area (Å²) >= 11 is 0. The first-order valence-corrected chi connectivity index (χ1v) is 6.00. The molecule has 0 rings (SSSR count). The van der Waals surface area contributed by atoms with Crippen molar-refractivity contribution in [1.29, 1.82) is 0 Å². The Hall–Kier alpha value is -1.26. The predicted octanol–water partition coefficient (Wildman–Crippen LogP) is 6.35. The van der Waals surface area contributed by atoms with Crippen LogP contribution in [-0.4, -0.2) is 53.8 Å². The second-order valence-corrected chi connectivity index (χ2v) is 5.26. The summed E-state index contributed by atoms with van der Waals surface area (Å²) in [6.07, 6.45) is -5.96. The Morgan fingerprint density at radius 2 is 0.607 bits per heavy atom. The molecule has 0 bridgehead atoms. The molecule has 0 heterocycles. The van der Waals surface area contributed by atoms with Crippen LogP contribution < -0.4 is 0 Å². The lowest BCUT2D eigenvalue weighted by Gasteiger charge is -2.43. The molecule has 0 radical (unpaired) electrons. The standard InChI is InChI=1S/C10H4F18/c1-3(13,14)5(17,18)7(21,22)9(25,26)10(27,28)8(23,24)6(19,20)4(15,16)2(11)12/h2H,1H3. The molecule has 0 aliphatic carbocycles. The van der Waals surface area contributed by atoms with Gasteiger partial charge in [-0.05, 0) is 0 Å². The van der Waals surface area contributed by atoms with Gasteiger partial charge in [0.05, 0.1) is 0 Å². The van der Waals surface area contributed by atoms with Crippen LogP contribution in [0.5, 0.6) is 0 Å². The number of rotatable bonds is 8. The third-order valence-corrected chi connectivity index (χ3v) is 3.22. The summed E-state index contributed by atoms with van der Waals surface area (Å²) in [5, 5.41) is 0. The molecule has 0 aromatic carbocycles. The van der Waals surface area contributed by atoms with Crippen LogP contribution >= 0.6 is 0 Å². The predicted molar refractivity (Wildman–Crippen MR) is 51.3 cm³/mol. The molecule has 28 heavy (non-hydrogen) atoms. The van der Waals surface area contributed by atoms with Gasteiger partial charge in [0.25, 0.3) is 0 Å². The van der Waals surface area contributed by atoms with Crippen molar-refractivity contribution in [1.82, 2.24) is 0 Å². The average Bonchev–Trinajstić information content (AvgIpc) is 2.44. The van der Waals surface area contributed by atoms with Gasteiger partial charge in [-0.1, -0.05) is 0 Å². The van der Waals surface area contributed by atoms with Crippen molar-refractivity contribution < 1.29 is 79.0 Å². The molecule has 0 spiro atoms. The second kappa shape index (κ2) is 6.37. The summed E-state index contributed by atoms with van der Waals surface area (Å²) in [5.41, 5.74) is 0. The molecule has 170 valence electrons. The lowest BCUT2D eigenvalue weighted by molar-refractivity contribution is -0.456. The first-order valence-electron chi connectivity index (χ1n) is 6.00. The number of hydrogen-bond acceptors (Lipinski definition) is 0. The highest BCUT2D eigenvalue weighted by atomic mass is 19.4. The Morgan fingerprint density at radius 3 is 0.821 bits per heavy atom. The lowest BCUT2D eigenvalue weighted by Crippen LogP contribution is -2.75. The molecule has 0 fully saturated rings. The Labute approximate surface area is 141 Å². The van der Waals surface area contributed by atoms with Gasteiger partial charge in [0.2, 0.25) is 0 Å². The van der Waals surface area contributed by atoms with Crippen LogP contribution in [0.2, 0.25) is 0 Å². The summed E-state index contributed by atoms with van der Waals surface area (Å²) in [7, 11) is 0. The molecular weight excluding hydrogens is 462 g/mol. The molecule has 0 saturated heterocycles. The van der Waals surface area contributed by atoms with Gasteiger partial charge >= 0.3 is 53.8 Å². The zero-order valence-corrected chi connectivity index (χ0v) is 12.4. The van der Waals surface area contributed by atoms with Gasteiger partial charge < -0.3 is 0 Å². The summed E-state index contributed by atoms with van der Waals surface area (Å²) in [5.74, 6) is -63.9. The Kier molecular flexibility index (Phi) is 6.08. The largest absolute Gasteiger partial charge is 0.385 e. The topological polar surface area (TPSA) is 0 Å². The molecule has 0 aromatic rings. The molecule has 0 saturated carbocycles. The smallest absolute Gasteiger partial charge is 0.203 e. The minimum absolute atomic E-state index is 1.28. The van der Waals surface area contributed by atoms with Gasteiger partial charge in [-0.25, -0.2) is 8.78 Å². The molecule has 0 aromatic heterocycles. The molecule has 0 nitrogen and oxygen atoms in total. The minimum atomic E-state index is -8.67. The Morgan fingerprint density at radius 1 is 0.393 bits per heavy atom. The Balaban J connectivity index is 6.72. The van der Waals surface area contributed by atoms with E-state index < -0.39 is 60.7 Å². The summed E-state index contributed by atoms with van der Waals surface area (Å²) in [6.45, 7) is -1.28. The molecule has 0 amide bonds. The van der Waals surface area contributed by atoms with Crippen molar-refractivity contribution in [3.8, 4) is 0 Å². The third-order valence-electron chi connectivity index (χ3n) is 3.22. The summed E-state index contributed by atoms with van der Waals surface area (Å²) in [6, 6.07) is 0. The van der Waals surface area contributed by atoms with Gasteiger partial charge in [0.1, 0.15) is 0 Å². The average molecular weight is 466 g/mol. The van der Waals surface area contributed by atoms with Crippen LogP contribution in [0.1, 0.15) is 6.92 Å². The van der Waals surface area contributed by atoms with Gasteiger partial charge in [0, 0.05) is 6.92 Å². The van der Waals surface area contributed by atoms with E-state index in [0.717, 1.165) is 0 Å². The van der Waals surface area contributed by atoms with Gasteiger partial charge in [-0.3, -0.25) is 0 Å². The van der Waals surface area contributed by atoms with Crippen LogP contribution in [0.3, 0.4) is 0 Å². The maximum absolute atomic E-state index is 13.1. The van der Waals surface area contributed by atoms with Gasteiger partial charge in [-0.15, -0.1) is 0 Å². The van der Waals surface area contributed by atoms with Crippen LogP contribution in [0, 0.1) is 0 Å². The SMILES string of the molecule is CC(F)(F)C(F)(F)C(F)(F)C(F)(F)C(F)(F)C(F)(F)C(F)(F)C(F)(F)C(F)F. The van der Waals surface area contributed by atoms with E-state index in [4.69, 9.17) is 0 Å². The van der Waals surface area contributed by atoms with Crippen molar-refractivity contribution in [3.05, 3.63) is 0 Å². The highest BCUT2D eigenvalue weighted by Gasteiger charge is 2.95. The molecule has 0 aliphatic heterocycles. The van der Waals surface area contributed by atoms with E-state index in [-0.39, 0.29) is 0 Å². The second-order valence-electron chi connectivity index (χ2n) is 5.26. The van der Waals surface area contributed by atoms with E-state index in [1.54, 1.807) is 0 Å². The van der Waals surface area contributed by atoms with Gasteiger partial charge in [0.15, 0.2) is 0 Å². The van der Waals surface area contributed by atoms with Crippen molar-refractivity contribution in [3.63, 3.8) is 0 Å².